The van der Waals surface area contributed by atoms with Gasteiger partial charge in [0.2, 0.25) is 0 Å². The van der Waals surface area contributed by atoms with Gasteiger partial charge in [-0.3, -0.25) is 19.9 Å². The minimum atomic E-state index is 1.06. The second-order valence-electron chi connectivity index (χ2n) is 15.6. The predicted molar refractivity (Wildman–Crippen MR) is 253 cm³/mol. The van der Waals surface area contributed by atoms with Crippen molar-refractivity contribution in [3.05, 3.63) is 219 Å². The number of rotatable bonds is 7. The maximum absolute atomic E-state index is 4.47. The van der Waals surface area contributed by atoms with Crippen molar-refractivity contribution in [3.8, 4) is 67.0 Å². The van der Waals surface area contributed by atoms with Gasteiger partial charge < -0.3 is 9.13 Å². The molecule has 0 aliphatic heterocycles. The number of hydrogen-bond donors (Lipinski definition) is 0. The predicted octanol–water partition coefficient (Wildman–Crippen LogP) is 13.8. The molecule has 0 atom stereocenters. The summed E-state index contributed by atoms with van der Waals surface area (Å²) >= 11 is 0. The van der Waals surface area contributed by atoms with Crippen LogP contribution in [-0.2, 0) is 0 Å². The standard InChI is InChI=1S/C56H36N6/c1-3-17-52-49(14-1)51-32-37(20-21-54(51)61(52)46-28-42(38-10-6-22-57-33-38)26-43(29-46)39-11-7-23-58-34-39)48-16-5-19-55-56(48)50-15-2-4-18-53(50)62(55)47-30-44(40-12-8-24-59-35-40)27-45(31-47)41-13-9-25-60-36-41/h1-36H. The van der Waals surface area contributed by atoms with Crippen molar-refractivity contribution in [2.45, 2.75) is 0 Å². The maximum Gasteiger partial charge on any atom is 0.0547 e. The SMILES string of the molecule is c1cncc(-c2cc(-c3cccnc3)cc(-n3c4ccccc4c4cc(-c5cccc6c5c5ccccc5n6-c5cc(-c6cccnc6)cc(-c6cccnc6)c5)ccc43)c2)c1. The van der Waals surface area contributed by atoms with Gasteiger partial charge >= 0.3 is 0 Å². The smallest absolute Gasteiger partial charge is 0.0547 e. The van der Waals surface area contributed by atoms with Crippen LogP contribution < -0.4 is 0 Å². The van der Waals surface area contributed by atoms with Crippen LogP contribution in [0.3, 0.4) is 0 Å². The molecule has 0 aliphatic carbocycles. The van der Waals surface area contributed by atoms with Crippen LogP contribution in [0.2, 0.25) is 0 Å². The third-order valence-corrected chi connectivity index (χ3v) is 12.0. The van der Waals surface area contributed by atoms with Gasteiger partial charge in [-0.2, -0.15) is 0 Å². The molecule has 0 N–H and O–H groups in total. The van der Waals surface area contributed by atoms with Crippen LogP contribution in [0.4, 0.5) is 0 Å². The van der Waals surface area contributed by atoms with Crippen molar-refractivity contribution < 1.29 is 0 Å². The normalized spacial score (nSPS) is 11.5. The van der Waals surface area contributed by atoms with Crippen LogP contribution in [0.1, 0.15) is 0 Å². The van der Waals surface area contributed by atoms with Crippen LogP contribution in [0.15, 0.2) is 219 Å². The number of hydrogen-bond acceptors (Lipinski definition) is 4. The zero-order chi connectivity index (χ0) is 41.0. The molecule has 0 spiro atoms. The Hall–Kier alpha value is -8.48. The van der Waals surface area contributed by atoms with Gasteiger partial charge in [-0.15, -0.1) is 0 Å². The maximum atomic E-state index is 4.47. The summed E-state index contributed by atoms with van der Waals surface area (Å²) in [5.41, 5.74) is 17.7. The second kappa shape index (κ2) is 14.7. The van der Waals surface area contributed by atoms with Crippen LogP contribution in [-0.4, -0.2) is 29.1 Å². The molecule has 0 saturated carbocycles. The van der Waals surface area contributed by atoms with Gasteiger partial charge in [-0.05, 0) is 124 Å². The molecule has 6 nitrogen and oxygen atoms in total. The van der Waals surface area contributed by atoms with Gasteiger partial charge in [0.05, 0.1) is 22.1 Å². The van der Waals surface area contributed by atoms with Crippen LogP contribution in [0.25, 0.3) is 111 Å². The van der Waals surface area contributed by atoms with Crippen molar-refractivity contribution in [1.29, 1.82) is 0 Å². The molecule has 0 radical (unpaired) electrons. The second-order valence-corrected chi connectivity index (χ2v) is 15.6. The molecule has 62 heavy (non-hydrogen) atoms. The molecule has 0 unspecified atom stereocenters. The van der Waals surface area contributed by atoms with E-state index in [1.807, 2.05) is 73.8 Å². The van der Waals surface area contributed by atoms with E-state index in [0.717, 1.165) is 83.5 Å². The lowest BCUT2D eigenvalue weighted by Gasteiger charge is -2.14. The molecule has 290 valence electrons. The molecule has 6 aromatic carbocycles. The fraction of sp³-hybridized carbons (Fsp3) is 0. The Labute approximate surface area is 357 Å². The van der Waals surface area contributed by atoms with Crippen molar-refractivity contribution >= 4 is 43.6 Å². The zero-order valence-corrected chi connectivity index (χ0v) is 33.5. The molecule has 0 bridgehead atoms. The van der Waals surface area contributed by atoms with Gasteiger partial charge in [0.25, 0.3) is 0 Å². The van der Waals surface area contributed by atoms with Gasteiger partial charge in [-0.25, -0.2) is 0 Å². The first-order valence-electron chi connectivity index (χ1n) is 20.7. The zero-order valence-electron chi connectivity index (χ0n) is 33.5. The van der Waals surface area contributed by atoms with Crippen LogP contribution in [0, 0.1) is 0 Å². The number of aromatic nitrogens is 6. The Balaban J connectivity index is 1.07. The summed E-state index contributed by atoms with van der Waals surface area (Å²) in [5, 5.41) is 4.80. The fourth-order valence-electron chi connectivity index (χ4n) is 9.24. The topological polar surface area (TPSA) is 61.4 Å². The summed E-state index contributed by atoms with van der Waals surface area (Å²) in [4.78, 5) is 17.9. The molecule has 0 fully saturated rings. The summed E-state index contributed by atoms with van der Waals surface area (Å²) in [7, 11) is 0. The van der Waals surface area contributed by atoms with E-state index in [4.69, 9.17) is 0 Å². The highest BCUT2D eigenvalue weighted by Gasteiger charge is 2.20. The number of benzene rings is 6. The Morgan fingerprint density at radius 1 is 0.274 bits per heavy atom. The van der Waals surface area contributed by atoms with Gasteiger partial charge in [0.15, 0.2) is 0 Å². The Kier molecular flexibility index (Phi) is 8.38. The highest BCUT2D eigenvalue weighted by Crippen LogP contribution is 2.43. The summed E-state index contributed by atoms with van der Waals surface area (Å²) in [6.07, 6.45) is 15.0. The van der Waals surface area contributed by atoms with Crippen LogP contribution >= 0.6 is 0 Å². The first-order valence-corrected chi connectivity index (χ1v) is 20.7. The molecule has 0 amide bonds. The van der Waals surface area contributed by atoms with Gasteiger partial charge in [-0.1, -0.05) is 78.9 Å². The van der Waals surface area contributed by atoms with Crippen molar-refractivity contribution in [1.82, 2.24) is 29.1 Å². The van der Waals surface area contributed by atoms with Gasteiger partial charge in [0.1, 0.15) is 0 Å². The van der Waals surface area contributed by atoms with E-state index >= 15 is 0 Å². The molecular formula is C56H36N6. The largest absolute Gasteiger partial charge is 0.309 e. The number of nitrogens with zero attached hydrogens (tertiary/aromatic N) is 6. The molecule has 0 aliphatic rings. The Morgan fingerprint density at radius 3 is 1.21 bits per heavy atom. The number of para-hydroxylation sites is 2. The lowest BCUT2D eigenvalue weighted by Crippen LogP contribution is -1.96. The molecule has 6 heterocycles. The van der Waals surface area contributed by atoms with E-state index in [1.54, 1.807) is 0 Å². The summed E-state index contributed by atoms with van der Waals surface area (Å²) in [5.74, 6) is 0. The van der Waals surface area contributed by atoms with E-state index in [9.17, 15) is 0 Å². The molecule has 6 heteroatoms. The average molecular weight is 793 g/mol. The molecular weight excluding hydrogens is 757 g/mol. The lowest BCUT2D eigenvalue weighted by molar-refractivity contribution is 1.18. The molecule has 0 saturated heterocycles. The van der Waals surface area contributed by atoms with Crippen LogP contribution in [0.5, 0.6) is 0 Å². The fourth-order valence-corrected chi connectivity index (χ4v) is 9.24. The molecule has 6 aromatic heterocycles. The number of pyridine rings is 4. The minimum absolute atomic E-state index is 1.06. The first-order chi connectivity index (χ1) is 30.7. The summed E-state index contributed by atoms with van der Waals surface area (Å²) in [6.45, 7) is 0. The molecule has 12 rings (SSSR count). The third-order valence-electron chi connectivity index (χ3n) is 12.0. The van der Waals surface area contributed by atoms with Crippen molar-refractivity contribution in [2.24, 2.45) is 0 Å². The van der Waals surface area contributed by atoms with E-state index < -0.39 is 0 Å². The Bertz CT molecular complexity index is 3500. The quantitative estimate of drug-likeness (QED) is 0.161. The van der Waals surface area contributed by atoms with Gasteiger partial charge in [0, 0.05) is 105 Å². The van der Waals surface area contributed by atoms with E-state index in [2.05, 4.69) is 175 Å². The highest BCUT2D eigenvalue weighted by atomic mass is 15.0. The highest BCUT2D eigenvalue weighted by molar-refractivity contribution is 6.17. The van der Waals surface area contributed by atoms with Crippen molar-refractivity contribution in [3.63, 3.8) is 0 Å². The third kappa shape index (κ3) is 5.96. The van der Waals surface area contributed by atoms with Crippen molar-refractivity contribution in [2.75, 3.05) is 0 Å². The summed E-state index contributed by atoms with van der Waals surface area (Å²) < 4.78 is 4.81. The van der Waals surface area contributed by atoms with E-state index in [-0.39, 0.29) is 0 Å². The average Bonchev–Trinajstić information content (AvgIpc) is 3.88. The van der Waals surface area contributed by atoms with E-state index in [1.165, 1.54) is 27.1 Å². The van der Waals surface area contributed by atoms with E-state index in [0.29, 0.717) is 0 Å². The lowest BCUT2D eigenvalue weighted by atomic mass is 9.97. The number of fused-ring (bicyclic) bond motifs is 6. The monoisotopic (exact) mass is 792 g/mol. The Morgan fingerprint density at radius 2 is 0.710 bits per heavy atom. The first kappa shape index (κ1) is 35.5. The summed E-state index contributed by atoms with van der Waals surface area (Å²) in [6, 6.07) is 61.2. The minimum Gasteiger partial charge on any atom is -0.309 e. The molecule has 12 aromatic rings.